The zero-order valence-corrected chi connectivity index (χ0v) is 19.4. The third-order valence-electron chi connectivity index (χ3n) is 6.25. The minimum atomic E-state index is -0.248. The number of hydrogen-bond acceptors (Lipinski definition) is 2. The maximum atomic E-state index is 14.0. The molecule has 3 heterocycles. The van der Waals surface area contributed by atoms with Gasteiger partial charge in [-0.3, -0.25) is 4.98 Å². The first kappa shape index (κ1) is 21.3. The van der Waals surface area contributed by atoms with Crippen LogP contribution in [0.25, 0.3) is 5.69 Å². The topological polar surface area (TPSA) is 33.1 Å². The standard InChI is InChI=1S/C27H25FN4S/c1-18-15-23(19(2)32(18)22-12-8-11-21(28)16-22)26-25(24-13-6-7-14-29-24)30-27(33)31(26)17-20-9-4-3-5-10-20/h3-16,25-26H,17H2,1-2H3,(H,30,33). The molecule has 0 aliphatic carbocycles. The van der Waals surface area contributed by atoms with Gasteiger partial charge in [0, 0.05) is 29.8 Å². The first-order chi connectivity index (χ1) is 16.0. The van der Waals surface area contributed by atoms with Crippen molar-refractivity contribution >= 4 is 17.3 Å². The highest BCUT2D eigenvalue weighted by Gasteiger charge is 2.41. The summed E-state index contributed by atoms with van der Waals surface area (Å²) in [6.07, 6.45) is 1.81. The number of nitrogens with one attached hydrogen (secondary N) is 1. The molecule has 4 nitrogen and oxygen atoms in total. The molecule has 166 valence electrons. The van der Waals surface area contributed by atoms with E-state index in [1.807, 2.05) is 48.7 Å². The summed E-state index contributed by atoms with van der Waals surface area (Å²) in [5.74, 6) is -0.248. The molecular weight excluding hydrogens is 431 g/mol. The second kappa shape index (κ2) is 8.79. The van der Waals surface area contributed by atoms with Gasteiger partial charge >= 0.3 is 0 Å². The minimum absolute atomic E-state index is 0.0545. The molecule has 1 aliphatic heterocycles. The van der Waals surface area contributed by atoms with Crippen LogP contribution in [0.2, 0.25) is 0 Å². The SMILES string of the molecule is Cc1cc(C2C(c3ccccn3)NC(=S)N2Cc2ccccc2)c(C)n1-c1cccc(F)c1. The fourth-order valence-electron chi connectivity index (χ4n) is 4.79. The summed E-state index contributed by atoms with van der Waals surface area (Å²) in [5, 5.41) is 4.22. The van der Waals surface area contributed by atoms with Gasteiger partial charge in [0.15, 0.2) is 5.11 Å². The smallest absolute Gasteiger partial charge is 0.170 e. The molecular formula is C27H25FN4S. The van der Waals surface area contributed by atoms with Crippen LogP contribution in [0.3, 0.4) is 0 Å². The average Bonchev–Trinajstić information content (AvgIpc) is 3.30. The van der Waals surface area contributed by atoms with Crippen molar-refractivity contribution in [3.63, 3.8) is 0 Å². The van der Waals surface area contributed by atoms with Crippen molar-refractivity contribution in [1.82, 2.24) is 19.8 Å². The molecule has 1 aliphatic rings. The number of pyridine rings is 1. The highest BCUT2D eigenvalue weighted by atomic mass is 32.1. The summed E-state index contributed by atoms with van der Waals surface area (Å²) in [5.41, 5.74) is 6.20. The predicted octanol–water partition coefficient (Wildman–Crippen LogP) is 5.80. The maximum absolute atomic E-state index is 14.0. The Labute approximate surface area is 198 Å². The molecule has 0 spiro atoms. The van der Waals surface area contributed by atoms with E-state index in [0.717, 1.165) is 28.3 Å². The summed E-state index contributed by atoms with van der Waals surface area (Å²) in [7, 11) is 0. The monoisotopic (exact) mass is 456 g/mol. The molecule has 5 rings (SSSR count). The molecule has 1 N–H and O–H groups in total. The van der Waals surface area contributed by atoms with Crippen molar-refractivity contribution in [3.8, 4) is 5.69 Å². The Morgan fingerprint density at radius 1 is 0.970 bits per heavy atom. The summed E-state index contributed by atoms with van der Waals surface area (Å²) in [6, 6.07) is 25.0. The lowest BCUT2D eigenvalue weighted by Crippen LogP contribution is -2.29. The molecule has 33 heavy (non-hydrogen) atoms. The fraction of sp³-hybridized carbons (Fsp3) is 0.185. The van der Waals surface area contributed by atoms with Gasteiger partial charge in [0.1, 0.15) is 5.82 Å². The number of halogens is 1. The normalized spacial score (nSPS) is 17.9. The van der Waals surface area contributed by atoms with Crippen LogP contribution in [0.15, 0.2) is 85.1 Å². The van der Waals surface area contributed by atoms with Gasteiger partial charge < -0.3 is 14.8 Å². The minimum Gasteiger partial charge on any atom is -0.352 e. The number of rotatable bonds is 5. The average molecular weight is 457 g/mol. The highest BCUT2D eigenvalue weighted by molar-refractivity contribution is 7.80. The van der Waals surface area contributed by atoms with Gasteiger partial charge in [-0.05, 0) is 73.6 Å². The molecule has 2 atom stereocenters. The number of nitrogens with zero attached hydrogens (tertiary/aromatic N) is 3. The van der Waals surface area contributed by atoms with Crippen molar-refractivity contribution in [3.05, 3.63) is 119 Å². The largest absolute Gasteiger partial charge is 0.352 e. The molecule has 0 radical (unpaired) electrons. The lowest BCUT2D eigenvalue weighted by Gasteiger charge is -2.28. The molecule has 6 heteroatoms. The van der Waals surface area contributed by atoms with Crippen LogP contribution in [0.1, 0.15) is 40.3 Å². The Morgan fingerprint density at radius 2 is 1.76 bits per heavy atom. The number of aryl methyl sites for hydroxylation is 1. The molecule has 1 saturated heterocycles. The number of aromatic nitrogens is 2. The molecule has 2 aromatic carbocycles. The summed E-state index contributed by atoms with van der Waals surface area (Å²) < 4.78 is 16.1. The second-order valence-electron chi connectivity index (χ2n) is 8.38. The van der Waals surface area contributed by atoms with E-state index in [1.165, 1.54) is 11.6 Å². The van der Waals surface area contributed by atoms with Crippen LogP contribution < -0.4 is 5.32 Å². The highest BCUT2D eigenvalue weighted by Crippen LogP contribution is 2.42. The van der Waals surface area contributed by atoms with Gasteiger partial charge in [0.05, 0.1) is 17.8 Å². The van der Waals surface area contributed by atoms with Crippen molar-refractivity contribution in [1.29, 1.82) is 0 Å². The zero-order chi connectivity index (χ0) is 22.9. The Hall–Kier alpha value is -3.51. The molecule has 4 aromatic rings. The third kappa shape index (κ3) is 4.02. The Kier molecular flexibility index (Phi) is 5.68. The summed E-state index contributed by atoms with van der Waals surface area (Å²) in [6.45, 7) is 4.83. The van der Waals surface area contributed by atoms with Gasteiger partial charge in [-0.1, -0.05) is 42.5 Å². The summed E-state index contributed by atoms with van der Waals surface area (Å²) >= 11 is 5.82. The van der Waals surface area contributed by atoms with E-state index in [2.05, 4.69) is 51.8 Å². The van der Waals surface area contributed by atoms with E-state index in [9.17, 15) is 4.39 Å². The number of hydrogen-bond donors (Lipinski definition) is 1. The van der Waals surface area contributed by atoms with Crippen LogP contribution in [-0.2, 0) is 6.54 Å². The van der Waals surface area contributed by atoms with Crippen LogP contribution >= 0.6 is 12.2 Å². The lowest BCUT2D eigenvalue weighted by atomic mass is 9.96. The quantitative estimate of drug-likeness (QED) is 0.385. The molecule has 1 fully saturated rings. The Balaban J connectivity index is 1.62. The molecule has 0 amide bonds. The van der Waals surface area contributed by atoms with Gasteiger partial charge in [-0.15, -0.1) is 0 Å². The van der Waals surface area contributed by atoms with E-state index >= 15 is 0 Å². The van der Waals surface area contributed by atoms with Gasteiger partial charge in [0.25, 0.3) is 0 Å². The molecule has 0 saturated carbocycles. The van der Waals surface area contributed by atoms with Crippen molar-refractivity contribution in [2.24, 2.45) is 0 Å². The lowest BCUT2D eigenvalue weighted by molar-refractivity contribution is 0.310. The Morgan fingerprint density at radius 3 is 2.48 bits per heavy atom. The van der Waals surface area contributed by atoms with Crippen LogP contribution in [0.4, 0.5) is 4.39 Å². The van der Waals surface area contributed by atoms with Crippen molar-refractivity contribution in [2.75, 3.05) is 0 Å². The number of thiocarbonyl (C=S) groups is 1. The van der Waals surface area contributed by atoms with E-state index in [-0.39, 0.29) is 17.9 Å². The Bertz CT molecular complexity index is 1290. The molecule has 0 bridgehead atoms. The van der Waals surface area contributed by atoms with E-state index < -0.39 is 0 Å². The van der Waals surface area contributed by atoms with E-state index in [4.69, 9.17) is 12.2 Å². The van der Waals surface area contributed by atoms with Crippen molar-refractivity contribution in [2.45, 2.75) is 32.5 Å². The molecule has 2 unspecified atom stereocenters. The maximum Gasteiger partial charge on any atom is 0.170 e. The van der Waals surface area contributed by atoms with Gasteiger partial charge in [-0.2, -0.15) is 0 Å². The van der Waals surface area contributed by atoms with Crippen LogP contribution in [-0.4, -0.2) is 19.6 Å². The number of benzene rings is 2. The van der Waals surface area contributed by atoms with Crippen LogP contribution in [0.5, 0.6) is 0 Å². The van der Waals surface area contributed by atoms with E-state index in [0.29, 0.717) is 11.7 Å². The summed E-state index contributed by atoms with van der Waals surface area (Å²) in [4.78, 5) is 6.87. The van der Waals surface area contributed by atoms with Crippen molar-refractivity contribution < 1.29 is 4.39 Å². The predicted molar refractivity (Wildman–Crippen MR) is 133 cm³/mol. The molecule has 2 aromatic heterocycles. The van der Waals surface area contributed by atoms with Gasteiger partial charge in [-0.25, -0.2) is 4.39 Å². The zero-order valence-electron chi connectivity index (χ0n) is 18.6. The third-order valence-corrected chi connectivity index (χ3v) is 6.60. The fourth-order valence-corrected chi connectivity index (χ4v) is 5.10. The van der Waals surface area contributed by atoms with Crippen LogP contribution in [0, 0.1) is 19.7 Å². The first-order valence-corrected chi connectivity index (χ1v) is 11.4. The first-order valence-electron chi connectivity index (χ1n) is 11.0. The van der Waals surface area contributed by atoms with E-state index in [1.54, 1.807) is 12.1 Å². The van der Waals surface area contributed by atoms with Gasteiger partial charge in [0.2, 0.25) is 0 Å². The second-order valence-corrected chi connectivity index (χ2v) is 8.77.